The van der Waals surface area contributed by atoms with Crippen molar-refractivity contribution < 1.29 is 13.2 Å². The van der Waals surface area contributed by atoms with Gasteiger partial charge in [-0.15, -0.1) is 0 Å². The molecule has 1 aliphatic heterocycles. The Hall–Kier alpha value is -1.50. The Bertz CT molecular complexity index is 439. The van der Waals surface area contributed by atoms with Gasteiger partial charge in [-0.3, -0.25) is 0 Å². The minimum Gasteiger partial charge on any atom is -0.384 e. The molecule has 0 atom stereocenters. The van der Waals surface area contributed by atoms with Crippen LogP contribution in [0.4, 0.5) is 24.8 Å². The fourth-order valence-electron chi connectivity index (χ4n) is 2.16. The maximum Gasteiger partial charge on any atom is 0.416 e. The van der Waals surface area contributed by atoms with Crippen molar-refractivity contribution in [1.82, 2.24) is 9.88 Å². The third-order valence-corrected chi connectivity index (χ3v) is 3.30. The number of nitrogen functional groups attached to an aromatic ring is 1. The van der Waals surface area contributed by atoms with E-state index < -0.39 is 11.7 Å². The number of piperazine rings is 1. The second kappa shape index (κ2) is 5.24. The third kappa shape index (κ3) is 3.28. The summed E-state index contributed by atoms with van der Waals surface area (Å²) in [7, 11) is 0. The molecule has 106 valence electrons. The normalized spacial score (nSPS) is 17.8. The van der Waals surface area contributed by atoms with Crippen molar-refractivity contribution in [3.05, 3.63) is 17.7 Å². The molecular weight excluding hydrogens is 257 g/mol. The van der Waals surface area contributed by atoms with Crippen LogP contribution in [0.3, 0.4) is 0 Å². The lowest BCUT2D eigenvalue weighted by atomic mass is 10.2. The zero-order chi connectivity index (χ0) is 14.0. The van der Waals surface area contributed by atoms with Gasteiger partial charge in [0.15, 0.2) is 0 Å². The largest absolute Gasteiger partial charge is 0.416 e. The van der Waals surface area contributed by atoms with Crippen LogP contribution in [0, 0.1) is 0 Å². The zero-order valence-electron chi connectivity index (χ0n) is 10.7. The van der Waals surface area contributed by atoms with Crippen LogP contribution in [0.2, 0.25) is 0 Å². The zero-order valence-corrected chi connectivity index (χ0v) is 10.7. The first kappa shape index (κ1) is 13.9. The molecule has 2 N–H and O–H groups in total. The van der Waals surface area contributed by atoms with E-state index in [9.17, 15) is 13.2 Å². The molecule has 0 bridgehead atoms. The first-order valence-electron chi connectivity index (χ1n) is 6.22. The molecule has 1 aromatic heterocycles. The van der Waals surface area contributed by atoms with Gasteiger partial charge < -0.3 is 15.5 Å². The van der Waals surface area contributed by atoms with Crippen LogP contribution in [-0.4, -0.2) is 42.6 Å². The first-order chi connectivity index (χ1) is 8.90. The van der Waals surface area contributed by atoms with Crippen molar-refractivity contribution in [2.75, 3.05) is 43.4 Å². The number of nitrogens with two attached hydrogens (primary N) is 1. The maximum absolute atomic E-state index is 12.7. The number of anilines is 2. The van der Waals surface area contributed by atoms with Gasteiger partial charge in [-0.05, 0) is 18.7 Å². The Balaban J connectivity index is 2.19. The molecule has 19 heavy (non-hydrogen) atoms. The summed E-state index contributed by atoms with van der Waals surface area (Å²) in [6.07, 6.45) is -4.39. The SMILES string of the molecule is CCN1CCN(c2cc(C(F)(F)F)cc(N)n2)CC1. The summed E-state index contributed by atoms with van der Waals surface area (Å²) >= 11 is 0. The third-order valence-electron chi connectivity index (χ3n) is 3.30. The molecule has 0 aliphatic carbocycles. The minimum atomic E-state index is -4.39. The van der Waals surface area contributed by atoms with Crippen molar-refractivity contribution in [2.45, 2.75) is 13.1 Å². The molecule has 1 aromatic rings. The van der Waals surface area contributed by atoms with E-state index in [4.69, 9.17) is 5.73 Å². The monoisotopic (exact) mass is 274 g/mol. The Labute approximate surface area is 110 Å². The number of pyridine rings is 1. The van der Waals surface area contributed by atoms with Crippen molar-refractivity contribution >= 4 is 11.6 Å². The highest BCUT2D eigenvalue weighted by Crippen LogP contribution is 2.32. The number of alkyl halides is 3. The van der Waals surface area contributed by atoms with E-state index >= 15 is 0 Å². The van der Waals surface area contributed by atoms with Gasteiger partial charge in [0.05, 0.1) is 5.56 Å². The number of aromatic nitrogens is 1. The molecule has 0 saturated carbocycles. The second-order valence-corrected chi connectivity index (χ2v) is 4.56. The minimum absolute atomic E-state index is 0.0947. The van der Waals surface area contributed by atoms with E-state index in [1.54, 1.807) is 0 Å². The van der Waals surface area contributed by atoms with Crippen molar-refractivity contribution in [1.29, 1.82) is 0 Å². The van der Waals surface area contributed by atoms with Gasteiger partial charge in [-0.1, -0.05) is 6.92 Å². The predicted octanol–water partition coefficient (Wildman–Crippen LogP) is 1.82. The number of rotatable bonds is 2. The predicted molar refractivity (Wildman–Crippen MR) is 68.0 cm³/mol. The molecule has 1 aliphatic rings. The van der Waals surface area contributed by atoms with Crippen LogP contribution in [-0.2, 0) is 6.18 Å². The highest BCUT2D eigenvalue weighted by molar-refractivity contribution is 5.49. The van der Waals surface area contributed by atoms with E-state index in [0.717, 1.165) is 31.8 Å². The molecule has 0 radical (unpaired) electrons. The van der Waals surface area contributed by atoms with Crippen LogP contribution in [0.5, 0.6) is 0 Å². The van der Waals surface area contributed by atoms with Gasteiger partial charge in [0.2, 0.25) is 0 Å². The van der Waals surface area contributed by atoms with E-state index in [1.807, 2.05) is 4.90 Å². The van der Waals surface area contributed by atoms with Gasteiger partial charge in [0.25, 0.3) is 0 Å². The number of hydrogen-bond acceptors (Lipinski definition) is 4. The van der Waals surface area contributed by atoms with Crippen molar-refractivity contribution in [2.24, 2.45) is 0 Å². The highest BCUT2D eigenvalue weighted by atomic mass is 19.4. The standard InChI is InChI=1S/C12H17F3N4/c1-2-18-3-5-19(6-4-18)11-8-9(12(13,14)15)7-10(16)17-11/h7-8H,2-6H2,1H3,(H2,16,17). The van der Waals surface area contributed by atoms with Crippen LogP contribution in [0.1, 0.15) is 12.5 Å². The van der Waals surface area contributed by atoms with Crippen LogP contribution >= 0.6 is 0 Å². The molecule has 0 aromatic carbocycles. The quantitative estimate of drug-likeness (QED) is 0.893. The van der Waals surface area contributed by atoms with E-state index in [2.05, 4.69) is 16.8 Å². The molecule has 1 saturated heterocycles. The summed E-state index contributed by atoms with van der Waals surface area (Å²) in [6.45, 7) is 6.01. The molecule has 0 amide bonds. The fourth-order valence-corrected chi connectivity index (χ4v) is 2.16. The van der Waals surface area contributed by atoms with Gasteiger partial charge in [0.1, 0.15) is 11.6 Å². The van der Waals surface area contributed by atoms with E-state index in [1.165, 1.54) is 0 Å². The summed E-state index contributed by atoms with van der Waals surface area (Å²) in [5.41, 5.74) is 4.73. The summed E-state index contributed by atoms with van der Waals surface area (Å²) in [5, 5.41) is 0. The maximum atomic E-state index is 12.7. The Morgan fingerprint density at radius 3 is 2.37 bits per heavy atom. The van der Waals surface area contributed by atoms with Gasteiger partial charge in [-0.2, -0.15) is 13.2 Å². The summed E-state index contributed by atoms with van der Waals surface area (Å²) in [4.78, 5) is 8.10. The second-order valence-electron chi connectivity index (χ2n) is 4.56. The van der Waals surface area contributed by atoms with Gasteiger partial charge in [0, 0.05) is 26.2 Å². The lowest BCUT2D eigenvalue weighted by Crippen LogP contribution is -2.46. The lowest BCUT2D eigenvalue weighted by Gasteiger charge is -2.35. The number of hydrogen-bond donors (Lipinski definition) is 1. The summed E-state index contributed by atoms with van der Waals surface area (Å²) < 4.78 is 38.2. The highest BCUT2D eigenvalue weighted by Gasteiger charge is 2.32. The first-order valence-corrected chi connectivity index (χ1v) is 6.22. The van der Waals surface area contributed by atoms with Crippen LogP contribution in [0.25, 0.3) is 0 Å². The average molecular weight is 274 g/mol. The molecular formula is C12H17F3N4. The Kier molecular flexibility index (Phi) is 3.84. The molecule has 0 unspecified atom stereocenters. The Morgan fingerprint density at radius 1 is 1.21 bits per heavy atom. The molecule has 7 heteroatoms. The van der Waals surface area contributed by atoms with Crippen molar-refractivity contribution in [3.8, 4) is 0 Å². The number of likely N-dealkylation sites (N-methyl/N-ethyl adjacent to an activating group) is 1. The van der Waals surface area contributed by atoms with Crippen LogP contribution < -0.4 is 10.6 Å². The molecule has 2 heterocycles. The topological polar surface area (TPSA) is 45.4 Å². The molecule has 1 fully saturated rings. The fraction of sp³-hybridized carbons (Fsp3) is 0.583. The smallest absolute Gasteiger partial charge is 0.384 e. The Morgan fingerprint density at radius 2 is 1.84 bits per heavy atom. The molecule has 4 nitrogen and oxygen atoms in total. The van der Waals surface area contributed by atoms with Gasteiger partial charge in [-0.25, -0.2) is 4.98 Å². The van der Waals surface area contributed by atoms with Crippen LogP contribution in [0.15, 0.2) is 12.1 Å². The van der Waals surface area contributed by atoms with Gasteiger partial charge >= 0.3 is 6.18 Å². The summed E-state index contributed by atoms with van der Waals surface area (Å²) in [5.74, 6) is 0.214. The molecule has 2 rings (SSSR count). The number of nitrogens with zero attached hydrogens (tertiary/aromatic N) is 3. The van der Waals surface area contributed by atoms with Crippen molar-refractivity contribution in [3.63, 3.8) is 0 Å². The lowest BCUT2D eigenvalue weighted by molar-refractivity contribution is -0.137. The average Bonchev–Trinajstić information content (AvgIpc) is 2.37. The van der Waals surface area contributed by atoms with E-state index in [0.29, 0.717) is 18.9 Å². The molecule has 0 spiro atoms. The summed E-state index contributed by atoms with van der Waals surface area (Å²) in [6, 6.07) is 1.93. The van der Waals surface area contributed by atoms with E-state index in [-0.39, 0.29) is 5.82 Å². The number of halogens is 3.